The van der Waals surface area contributed by atoms with E-state index in [2.05, 4.69) is 0 Å². The molecule has 4 aromatic rings. The van der Waals surface area contributed by atoms with Crippen molar-refractivity contribution in [2.45, 2.75) is 63.7 Å². The quantitative estimate of drug-likeness (QED) is 0.198. The molecule has 12 heteroatoms. The van der Waals surface area contributed by atoms with E-state index in [1.165, 1.54) is 38.1 Å². The summed E-state index contributed by atoms with van der Waals surface area (Å²) >= 11 is 0. The first-order chi connectivity index (χ1) is 23.0. The minimum Gasteiger partial charge on any atom is -0.223 e. The standard InChI is InChI=1S/C37H26F6O4S2/c1-3-33-29(25-17-15-23(19-27(25)48(33,44)45)21-11-7-5-8-12-21)31-32(36(40,41)37(42,43)35(31,38)39)30-26-18-16-24(22-13-9-6-10-14-22)20-28(26)49(46,47)34(30,33)4-2/h5-20H,3-4H2,1-2H3. The molecule has 2 atom stereocenters. The van der Waals surface area contributed by atoms with Crippen LogP contribution in [0.1, 0.15) is 37.8 Å². The molecule has 2 heterocycles. The summed E-state index contributed by atoms with van der Waals surface area (Å²) in [6, 6.07) is 24.2. The van der Waals surface area contributed by atoms with Crippen LogP contribution in [0.2, 0.25) is 0 Å². The van der Waals surface area contributed by atoms with E-state index in [1.54, 1.807) is 60.7 Å². The van der Waals surface area contributed by atoms with Crippen molar-refractivity contribution in [1.29, 1.82) is 0 Å². The highest BCUT2D eigenvalue weighted by molar-refractivity contribution is 7.98. The van der Waals surface area contributed by atoms with Crippen LogP contribution in [0.25, 0.3) is 33.4 Å². The fourth-order valence-electron chi connectivity index (χ4n) is 8.81. The van der Waals surface area contributed by atoms with Crippen LogP contribution in [0.5, 0.6) is 0 Å². The minimum absolute atomic E-state index is 0.316. The summed E-state index contributed by atoms with van der Waals surface area (Å²) < 4.78 is 151. The third-order valence-corrected chi connectivity index (χ3v) is 16.3. The molecular weight excluding hydrogens is 687 g/mol. The van der Waals surface area contributed by atoms with Gasteiger partial charge in [-0.25, -0.2) is 16.8 Å². The molecule has 49 heavy (non-hydrogen) atoms. The molecule has 1 saturated carbocycles. The molecule has 0 aromatic heterocycles. The van der Waals surface area contributed by atoms with E-state index < -0.39 is 103 Å². The number of alkyl halides is 6. The van der Waals surface area contributed by atoms with E-state index >= 15 is 43.2 Å². The topological polar surface area (TPSA) is 68.3 Å². The number of hydrogen-bond acceptors (Lipinski definition) is 4. The molecule has 0 saturated heterocycles. The molecule has 2 unspecified atom stereocenters. The minimum atomic E-state index is -6.01. The van der Waals surface area contributed by atoms with Gasteiger partial charge in [0.1, 0.15) is 9.49 Å². The van der Waals surface area contributed by atoms with Gasteiger partial charge < -0.3 is 0 Å². The number of fused-ring (bicyclic) bond motifs is 8. The second kappa shape index (κ2) is 9.54. The maximum absolute atomic E-state index is 16.3. The van der Waals surface area contributed by atoms with Gasteiger partial charge in [0.15, 0.2) is 19.7 Å². The van der Waals surface area contributed by atoms with Crippen LogP contribution in [0.3, 0.4) is 0 Å². The summed E-state index contributed by atoms with van der Waals surface area (Å²) in [5.74, 6) is -17.2. The van der Waals surface area contributed by atoms with E-state index in [0.29, 0.717) is 22.3 Å². The van der Waals surface area contributed by atoms with Gasteiger partial charge in [-0.15, -0.1) is 0 Å². The largest absolute Gasteiger partial charge is 0.380 e. The van der Waals surface area contributed by atoms with Crippen LogP contribution < -0.4 is 0 Å². The molecule has 252 valence electrons. The summed E-state index contributed by atoms with van der Waals surface area (Å²) in [5.41, 5.74) is -4.97. The Morgan fingerprint density at radius 1 is 0.469 bits per heavy atom. The van der Waals surface area contributed by atoms with Gasteiger partial charge in [-0.3, -0.25) is 0 Å². The van der Waals surface area contributed by atoms with Crippen molar-refractivity contribution < 1.29 is 43.2 Å². The maximum atomic E-state index is 16.3. The Hall–Kier alpha value is -4.16. The Balaban J connectivity index is 1.58. The molecule has 8 rings (SSSR count). The van der Waals surface area contributed by atoms with Crippen LogP contribution in [0.15, 0.2) is 118 Å². The molecular formula is C37H26F6O4S2. The lowest BCUT2D eigenvalue weighted by molar-refractivity contribution is -0.257. The summed E-state index contributed by atoms with van der Waals surface area (Å²) in [7, 11) is -10.2. The summed E-state index contributed by atoms with van der Waals surface area (Å²) in [5, 5.41) is 0. The summed E-state index contributed by atoms with van der Waals surface area (Å²) in [6.45, 7) is 2.53. The van der Waals surface area contributed by atoms with E-state index in [0.717, 1.165) is 12.1 Å². The molecule has 0 amide bonds. The molecule has 1 fully saturated rings. The summed E-state index contributed by atoms with van der Waals surface area (Å²) in [4.78, 5) is -1.17. The van der Waals surface area contributed by atoms with Gasteiger partial charge in [0.2, 0.25) is 0 Å². The maximum Gasteiger partial charge on any atom is 0.380 e. The number of sulfone groups is 2. The van der Waals surface area contributed by atoms with E-state index in [9.17, 15) is 0 Å². The van der Waals surface area contributed by atoms with Gasteiger partial charge in [-0.05, 0) is 69.5 Å². The van der Waals surface area contributed by atoms with E-state index in [4.69, 9.17) is 0 Å². The first-order valence-corrected chi connectivity index (χ1v) is 18.5. The lowest BCUT2D eigenvalue weighted by Gasteiger charge is -2.49. The van der Waals surface area contributed by atoms with Gasteiger partial charge in [0.25, 0.3) is 0 Å². The SMILES string of the molecule is CCC12C(=C3C(=C4c5ccc(-c6ccccc6)cc5S(=O)(=O)C41CC)C(F)(F)C(F)(F)C3(F)F)c1ccc(-c3ccccc3)cc1S2(=O)=O. The zero-order chi connectivity index (χ0) is 35.2. The van der Waals surface area contributed by atoms with Crippen molar-refractivity contribution >= 4 is 30.8 Å². The average Bonchev–Trinajstić information content (AvgIpc) is 3.47. The second-order valence-electron chi connectivity index (χ2n) is 12.7. The smallest absolute Gasteiger partial charge is 0.223 e. The Labute approximate surface area is 278 Å². The van der Waals surface area contributed by atoms with Crippen molar-refractivity contribution in [3.8, 4) is 22.3 Å². The highest BCUT2D eigenvalue weighted by atomic mass is 32.2. The van der Waals surface area contributed by atoms with Crippen LogP contribution in [0, 0.1) is 0 Å². The monoisotopic (exact) mass is 712 g/mol. The molecule has 2 aliphatic heterocycles. The van der Waals surface area contributed by atoms with Crippen molar-refractivity contribution in [3.63, 3.8) is 0 Å². The Bertz CT molecular complexity index is 2250. The lowest BCUT2D eigenvalue weighted by atomic mass is 9.65. The Kier molecular flexibility index (Phi) is 6.24. The van der Waals surface area contributed by atoms with Crippen molar-refractivity contribution in [2.24, 2.45) is 0 Å². The highest BCUT2D eigenvalue weighted by Gasteiger charge is 2.88. The van der Waals surface area contributed by atoms with Crippen LogP contribution in [-0.2, 0) is 19.7 Å². The molecule has 0 N–H and O–H groups in total. The first kappa shape index (κ1) is 32.1. The van der Waals surface area contributed by atoms with Crippen LogP contribution in [0.4, 0.5) is 26.3 Å². The number of allylic oxidation sites excluding steroid dienone is 2. The average molecular weight is 713 g/mol. The third kappa shape index (κ3) is 3.29. The first-order valence-electron chi connectivity index (χ1n) is 15.5. The highest BCUT2D eigenvalue weighted by Crippen LogP contribution is 2.76. The van der Waals surface area contributed by atoms with Crippen molar-refractivity contribution in [2.75, 3.05) is 0 Å². The van der Waals surface area contributed by atoms with Gasteiger partial charge in [0.05, 0.1) is 9.79 Å². The number of halogens is 6. The third-order valence-electron chi connectivity index (χ3n) is 10.8. The van der Waals surface area contributed by atoms with Gasteiger partial charge in [0, 0.05) is 11.1 Å². The molecule has 0 radical (unpaired) electrons. The molecule has 0 bridgehead atoms. The fourth-order valence-corrected chi connectivity index (χ4v) is 14.8. The van der Waals surface area contributed by atoms with E-state index in [-0.39, 0.29) is 0 Å². The van der Waals surface area contributed by atoms with Gasteiger partial charge >= 0.3 is 17.8 Å². The van der Waals surface area contributed by atoms with Gasteiger partial charge in [-0.1, -0.05) is 98.8 Å². The molecule has 2 aliphatic carbocycles. The predicted molar refractivity (Wildman–Crippen MR) is 173 cm³/mol. The van der Waals surface area contributed by atoms with Crippen molar-refractivity contribution in [3.05, 3.63) is 119 Å². The zero-order valence-electron chi connectivity index (χ0n) is 25.9. The Morgan fingerprint density at radius 3 is 1.14 bits per heavy atom. The number of benzene rings is 4. The lowest BCUT2D eigenvalue weighted by Crippen LogP contribution is -2.62. The molecule has 4 aliphatic rings. The van der Waals surface area contributed by atoms with Crippen LogP contribution >= 0.6 is 0 Å². The van der Waals surface area contributed by atoms with Crippen LogP contribution in [-0.4, -0.2) is 44.1 Å². The number of rotatable bonds is 4. The predicted octanol–water partition coefficient (Wildman–Crippen LogP) is 9.03. The molecule has 4 aromatic carbocycles. The zero-order valence-corrected chi connectivity index (χ0v) is 27.5. The second-order valence-corrected chi connectivity index (χ2v) is 17.0. The molecule has 0 spiro atoms. The van der Waals surface area contributed by atoms with Gasteiger partial charge in [-0.2, -0.15) is 26.3 Å². The normalized spacial score (nSPS) is 27.3. The van der Waals surface area contributed by atoms with E-state index in [1.807, 2.05) is 0 Å². The molecule has 4 nitrogen and oxygen atoms in total. The summed E-state index contributed by atoms with van der Waals surface area (Å²) in [6.07, 6.45) is -1.39. The Morgan fingerprint density at radius 2 is 0.816 bits per heavy atom. The number of hydrogen-bond donors (Lipinski definition) is 0. The van der Waals surface area contributed by atoms with Crippen molar-refractivity contribution in [1.82, 2.24) is 0 Å². The fraction of sp³-hybridized carbons (Fsp3) is 0.243.